The third-order valence-corrected chi connectivity index (χ3v) is 4.07. The Kier molecular flexibility index (Phi) is 4.54. The Balaban J connectivity index is 2.01. The highest BCUT2D eigenvalue weighted by Gasteiger charge is 2.23. The molecule has 0 aliphatic heterocycles. The molecule has 0 amide bonds. The van der Waals surface area contributed by atoms with E-state index in [0.29, 0.717) is 11.8 Å². The van der Waals surface area contributed by atoms with Crippen LogP contribution < -0.4 is 0 Å². The third-order valence-electron chi connectivity index (χ3n) is 4.07. The van der Waals surface area contributed by atoms with Crippen LogP contribution >= 0.6 is 0 Å². The highest BCUT2D eigenvalue weighted by atomic mass is 16.1. The maximum Gasteiger partial charge on any atom is 0.133 e. The SMILES string of the molecule is CCN(Cc1ccccc1C)C1CCC(=O)CC1. The summed E-state index contributed by atoms with van der Waals surface area (Å²) in [6.07, 6.45) is 3.63. The zero-order chi connectivity index (χ0) is 13.0. The van der Waals surface area contributed by atoms with Crippen molar-refractivity contribution >= 4 is 5.78 Å². The Morgan fingerprint density at radius 3 is 2.50 bits per heavy atom. The zero-order valence-electron chi connectivity index (χ0n) is 11.5. The van der Waals surface area contributed by atoms with Crippen LogP contribution in [0.1, 0.15) is 43.7 Å². The lowest BCUT2D eigenvalue weighted by molar-refractivity contribution is -0.121. The lowest BCUT2D eigenvalue weighted by atomic mass is 9.92. The van der Waals surface area contributed by atoms with Crippen molar-refractivity contribution in [3.05, 3.63) is 35.4 Å². The lowest BCUT2D eigenvalue weighted by Crippen LogP contribution is -2.37. The van der Waals surface area contributed by atoms with Gasteiger partial charge < -0.3 is 0 Å². The van der Waals surface area contributed by atoms with E-state index < -0.39 is 0 Å². The first kappa shape index (κ1) is 13.3. The number of rotatable bonds is 4. The van der Waals surface area contributed by atoms with E-state index in [1.807, 2.05) is 0 Å². The zero-order valence-corrected chi connectivity index (χ0v) is 11.5. The van der Waals surface area contributed by atoms with Crippen LogP contribution in [0.25, 0.3) is 0 Å². The first-order chi connectivity index (χ1) is 8.70. The molecule has 1 saturated carbocycles. The van der Waals surface area contributed by atoms with Gasteiger partial charge in [0.05, 0.1) is 0 Å². The molecule has 1 aliphatic rings. The van der Waals surface area contributed by atoms with Gasteiger partial charge in [0.2, 0.25) is 0 Å². The monoisotopic (exact) mass is 245 g/mol. The van der Waals surface area contributed by atoms with Gasteiger partial charge in [0.25, 0.3) is 0 Å². The fourth-order valence-corrected chi connectivity index (χ4v) is 2.80. The second-order valence-corrected chi connectivity index (χ2v) is 5.26. The van der Waals surface area contributed by atoms with Gasteiger partial charge in [-0.15, -0.1) is 0 Å². The second-order valence-electron chi connectivity index (χ2n) is 5.26. The van der Waals surface area contributed by atoms with E-state index in [0.717, 1.165) is 38.8 Å². The fraction of sp³-hybridized carbons (Fsp3) is 0.562. The summed E-state index contributed by atoms with van der Waals surface area (Å²) in [6.45, 7) is 6.47. The molecule has 2 rings (SSSR count). The standard InChI is InChI=1S/C16H23NO/c1-3-17(15-8-10-16(18)11-9-15)12-14-7-5-4-6-13(14)2/h4-7,15H,3,8-12H2,1-2H3. The number of Topliss-reactive ketones (excluding diaryl/α,β-unsaturated/α-hetero) is 1. The van der Waals surface area contributed by atoms with Crippen LogP contribution in [-0.2, 0) is 11.3 Å². The van der Waals surface area contributed by atoms with E-state index in [1.54, 1.807) is 0 Å². The Labute approximate surface area is 110 Å². The van der Waals surface area contributed by atoms with Crippen molar-refractivity contribution in [2.24, 2.45) is 0 Å². The molecule has 0 atom stereocenters. The molecule has 0 spiro atoms. The van der Waals surface area contributed by atoms with Gasteiger partial charge in [-0.25, -0.2) is 0 Å². The van der Waals surface area contributed by atoms with Crippen LogP contribution in [0.15, 0.2) is 24.3 Å². The molecule has 18 heavy (non-hydrogen) atoms. The van der Waals surface area contributed by atoms with Gasteiger partial charge in [-0.05, 0) is 37.4 Å². The molecular formula is C16H23NO. The topological polar surface area (TPSA) is 20.3 Å². The maximum atomic E-state index is 11.3. The first-order valence-electron chi connectivity index (χ1n) is 7.01. The number of benzene rings is 1. The molecular weight excluding hydrogens is 222 g/mol. The van der Waals surface area contributed by atoms with E-state index in [2.05, 4.69) is 43.0 Å². The minimum absolute atomic E-state index is 0.443. The molecule has 1 aliphatic carbocycles. The molecule has 0 aromatic heterocycles. The quantitative estimate of drug-likeness (QED) is 0.811. The fourth-order valence-electron chi connectivity index (χ4n) is 2.80. The Morgan fingerprint density at radius 2 is 1.89 bits per heavy atom. The largest absolute Gasteiger partial charge is 0.300 e. The van der Waals surface area contributed by atoms with Crippen LogP contribution in [0, 0.1) is 6.92 Å². The average Bonchev–Trinajstić information content (AvgIpc) is 2.39. The Bertz CT molecular complexity index is 403. The van der Waals surface area contributed by atoms with E-state index >= 15 is 0 Å². The van der Waals surface area contributed by atoms with Crippen LogP contribution in [0.5, 0.6) is 0 Å². The number of ketones is 1. The third kappa shape index (κ3) is 3.20. The number of carbonyl (C=O) groups is 1. The van der Waals surface area contributed by atoms with Gasteiger partial charge in [0, 0.05) is 25.4 Å². The molecule has 0 saturated heterocycles. The van der Waals surface area contributed by atoms with E-state index in [-0.39, 0.29) is 0 Å². The molecule has 0 unspecified atom stereocenters. The molecule has 0 bridgehead atoms. The van der Waals surface area contributed by atoms with Crippen LogP contribution in [0.3, 0.4) is 0 Å². The highest BCUT2D eigenvalue weighted by Crippen LogP contribution is 2.22. The second kappa shape index (κ2) is 6.14. The molecule has 1 aromatic carbocycles. The number of hydrogen-bond acceptors (Lipinski definition) is 2. The molecule has 1 fully saturated rings. The maximum absolute atomic E-state index is 11.3. The molecule has 2 heteroatoms. The highest BCUT2D eigenvalue weighted by molar-refractivity contribution is 5.79. The number of carbonyl (C=O) groups excluding carboxylic acids is 1. The first-order valence-corrected chi connectivity index (χ1v) is 7.01. The number of aryl methyl sites for hydroxylation is 1. The van der Waals surface area contributed by atoms with Crippen molar-refractivity contribution in [2.75, 3.05) is 6.54 Å². The van der Waals surface area contributed by atoms with Gasteiger partial charge in [-0.2, -0.15) is 0 Å². The molecule has 0 heterocycles. The van der Waals surface area contributed by atoms with Crippen molar-refractivity contribution < 1.29 is 4.79 Å². The predicted molar refractivity (Wildman–Crippen MR) is 74.5 cm³/mol. The van der Waals surface area contributed by atoms with Gasteiger partial charge in [-0.1, -0.05) is 31.2 Å². The summed E-state index contributed by atoms with van der Waals surface area (Å²) in [5.41, 5.74) is 2.78. The van der Waals surface area contributed by atoms with Crippen molar-refractivity contribution in [1.82, 2.24) is 4.90 Å². The lowest BCUT2D eigenvalue weighted by Gasteiger charge is -2.33. The summed E-state index contributed by atoms with van der Waals surface area (Å²) in [4.78, 5) is 13.8. The smallest absolute Gasteiger partial charge is 0.133 e. The summed E-state index contributed by atoms with van der Waals surface area (Å²) in [6, 6.07) is 9.18. The number of nitrogens with zero attached hydrogens (tertiary/aromatic N) is 1. The molecule has 0 radical (unpaired) electrons. The molecule has 2 nitrogen and oxygen atoms in total. The molecule has 0 N–H and O–H groups in total. The van der Waals surface area contributed by atoms with Crippen molar-refractivity contribution in [3.8, 4) is 0 Å². The minimum atomic E-state index is 0.443. The summed E-state index contributed by atoms with van der Waals surface area (Å²) < 4.78 is 0. The van der Waals surface area contributed by atoms with Gasteiger partial charge >= 0.3 is 0 Å². The van der Waals surface area contributed by atoms with Crippen molar-refractivity contribution in [2.45, 2.75) is 52.1 Å². The molecule has 98 valence electrons. The van der Waals surface area contributed by atoms with Gasteiger partial charge in [-0.3, -0.25) is 9.69 Å². The minimum Gasteiger partial charge on any atom is -0.300 e. The summed E-state index contributed by atoms with van der Waals surface area (Å²) in [5.74, 6) is 0.443. The van der Waals surface area contributed by atoms with Gasteiger partial charge in [0.1, 0.15) is 5.78 Å². The van der Waals surface area contributed by atoms with Crippen LogP contribution in [0.2, 0.25) is 0 Å². The van der Waals surface area contributed by atoms with Crippen molar-refractivity contribution in [1.29, 1.82) is 0 Å². The number of hydrogen-bond donors (Lipinski definition) is 0. The summed E-state index contributed by atoms with van der Waals surface area (Å²) >= 11 is 0. The molecule has 1 aromatic rings. The van der Waals surface area contributed by atoms with E-state index in [9.17, 15) is 4.79 Å². The van der Waals surface area contributed by atoms with Crippen molar-refractivity contribution in [3.63, 3.8) is 0 Å². The summed E-state index contributed by atoms with van der Waals surface area (Å²) in [5, 5.41) is 0. The van der Waals surface area contributed by atoms with Gasteiger partial charge in [0.15, 0.2) is 0 Å². The normalized spacial score (nSPS) is 17.4. The average molecular weight is 245 g/mol. The van der Waals surface area contributed by atoms with Crippen LogP contribution in [0.4, 0.5) is 0 Å². The predicted octanol–water partition coefficient (Wildman–Crippen LogP) is 3.33. The Hall–Kier alpha value is -1.15. The van der Waals surface area contributed by atoms with E-state index in [1.165, 1.54) is 11.1 Å². The van der Waals surface area contributed by atoms with E-state index in [4.69, 9.17) is 0 Å². The van der Waals surface area contributed by atoms with Crippen LogP contribution in [-0.4, -0.2) is 23.3 Å². The Morgan fingerprint density at radius 1 is 1.22 bits per heavy atom. The summed E-state index contributed by atoms with van der Waals surface area (Å²) in [7, 11) is 0.